The van der Waals surface area contributed by atoms with Gasteiger partial charge in [0.2, 0.25) is 0 Å². The summed E-state index contributed by atoms with van der Waals surface area (Å²) in [5.41, 5.74) is 0.876. The number of aromatic nitrogens is 2. The molecule has 13 heavy (non-hydrogen) atoms. The number of rotatable bonds is 3. The van der Waals surface area contributed by atoms with Crippen molar-refractivity contribution in [2.45, 2.75) is 19.4 Å². The lowest BCUT2D eigenvalue weighted by molar-refractivity contribution is -0.139. The predicted octanol–water partition coefficient (Wildman–Crippen LogP) is 0.293. The number of carboxylic acids is 1. The van der Waals surface area contributed by atoms with Crippen molar-refractivity contribution in [3.05, 3.63) is 23.8 Å². The van der Waals surface area contributed by atoms with E-state index in [-0.39, 0.29) is 6.42 Å². The summed E-state index contributed by atoms with van der Waals surface area (Å²) in [6, 6.07) is 0. The van der Waals surface area contributed by atoms with Crippen LogP contribution in [0.4, 0.5) is 0 Å². The molecule has 1 aromatic heterocycles. The third-order valence-electron chi connectivity index (χ3n) is 1.60. The second kappa shape index (κ2) is 3.95. The molecule has 0 saturated carbocycles. The number of aliphatic hydroxyl groups is 1. The van der Waals surface area contributed by atoms with Gasteiger partial charge in [0.15, 0.2) is 0 Å². The Hall–Kier alpha value is -1.49. The monoisotopic (exact) mass is 182 g/mol. The molecule has 0 aromatic carbocycles. The lowest BCUT2D eigenvalue weighted by atomic mass is 10.1. The highest BCUT2D eigenvalue weighted by atomic mass is 16.4. The minimum absolute atomic E-state index is 0.324. The smallest absolute Gasteiger partial charge is 0.306 e. The third kappa shape index (κ3) is 2.48. The number of carbonyl (C=O) groups is 1. The molecule has 0 aliphatic rings. The van der Waals surface area contributed by atoms with Crippen molar-refractivity contribution in [1.82, 2.24) is 9.97 Å². The van der Waals surface area contributed by atoms with Gasteiger partial charge in [0, 0.05) is 12.4 Å². The Balaban J connectivity index is 2.82. The summed E-state index contributed by atoms with van der Waals surface area (Å²) in [6.07, 6.45) is 1.49. The molecule has 0 bridgehead atoms. The van der Waals surface area contributed by atoms with Crippen LogP contribution in [0.3, 0.4) is 0 Å². The van der Waals surface area contributed by atoms with Gasteiger partial charge in [-0.2, -0.15) is 0 Å². The summed E-state index contributed by atoms with van der Waals surface area (Å²) in [5.74, 6) is -1.06. The molecule has 0 spiro atoms. The summed E-state index contributed by atoms with van der Waals surface area (Å²) >= 11 is 0. The molecule has 70 valence electrons. The van der Waals surface area contributed by atoms with E-state index >= 15 is 0 Å². The summed E-state index contributed by atoms with van der Waals surface area (Å²) in [4.78, 5) is 18.0. The molecular weight excluding hydrogens is 172 g/mol. The van der Waals surface area contributed by atoms with Gasteiger partial charge in [-0.1, -0.05) is 0 Å². The lowest BCUT2D eigenvalue weighted by Gasteiger charge is -2.08. The highest BCUT2D eigenvalue weighted by Crippen LogP contribution is 2.15. The Morgan fingerprint density at radius 2 is 2.15 bits per heavy atom. The van der Waals surface area contributed by atoms with Crippen molar-refractivity contribution >= 4 is 5.97 Å². The summed E-state index contributed by atoms with van der Waals surface area (Å²) in [6.45, 7) is 1.67. The Morgan fingerprint density at radius 1 is 1.54 bits per heavy atom. The molecule has 1 rings (SSSR count). The van der Waals surface area contributed by atoms with Crippen LogP contribution >= 0.6 is 0 Å². The molecule has 1 aromatic rings. The van der Waals surface area contributed by atoms with Crippen LogP contribution in [0.25, 0.3) is 0 Å². The maximum Gasteiger partial charge on any atom is 0.306 e. The molecule has 0 aliphatic carbocycles. The zero-order valence-corrected chi connectivity index (χ0v) is 7.14. The van der Waals surface area contributed by atoms with Crippen LogP contribution in [0.15, 0.2) is 12.4 Å². The molecule has 0 fully saturated rings. The fourth-order valence-electron chi connectivity index (χ4n) is 1.01. The average molecular weight is 182 g/mol. The highest BCUT2D eigenvalue weighted by molar-refractivity contribution is 5.67. The number of aryl methyl sites for hydroxylation is 1. The zero-order chi connectivity index (χ0) is 9.84. The number of hydrogen-bond acceptors (Lipinski definition) is 4. The van der Waals surface area contributed by atoms with Crippen molar-refractivity contribution in [3.63, 3.8) is 0 Å². The maximum absolute atomic E-state index is 10.3. The molecule has 5 heteroatoms. The van der Waals surface area contributed by atoms with Crippen LogP contribution in [-0.4, -0.2) is 26.2 Å². The second-order valence-corrected chi connectivity index (χ2v) is 2.64. The fourth-order valence-corrected chi connectivity index (χ4v) is 1.01. The number of nitrogens with zero attached hydrogens (tertiary/aromatic N) is 2. The van der Waals surface area contributed by atoms with Crippen LogP contribution in [0.1, 0.15) is 23.9 Å². The van der Waals surface area contributed by atoms with Gasteiger partial charge in [0.05, 0.1) is 17.8 Å². The van der Waals surface area contributed by atoms with Gasteiger partial charge in [-0.25, -0.2) is 0 Å². The highest BCUT2D eigenvalue weighted by Gasteiger charge is 2.15. The van der Waals surface area contributed by atoms with Crippen molar-refractivity contribution in [2.75, 3.05) is 0 Å². The van der Waals surface area contributed by atoms with Crippen LogP contribution in [-0.2, 0) is 4.79 Å². The number of aliphatic hydroxyl groups excluding tert-OH is 1. The number of aliphatic carboxylic acids is 1. The van der Waals surface area contributed by atoms with Crippen molar-refractivity contribution in [1.29, 1.82) is 0 Å². The zero-order valence-electron chi connectivity index (χ0n) is 7.14. The summed E-state index contributed by atoms with van der Waals surface area (Å²) in [7, 11) is 0. The van der Waals surface area contributed by atoms with Gasteiger partial charge in [-0.15, -0.1) is 0 Å². The van der Waals surface area contributed by atoms with Gasteiger partial charge in [-0.3, -0.25) is 14.8 Å². The first-order chi connectivity index (χ1) is 6.11. The first-order valence-electron chi connectivity index (χ1n) is 3.78. The average Bonchev–Trinajstić information content (AvgIpc) is 2.03. The first kappa shape index (κ1) is 9.60. The van der Waals surface area contributed by atoms with Gasteiger partial charge >= 0.3 is 5.97 Å². The van der Waals surface area contributed by atoms with Gasteiger partial charge in [-0.05, 0) is 6.92 Å². The van der Waals surface area contributed by atoms with Crippen LogP contribution in [0.2, 0.25) is 0 Å². The quantitative estimate of drug-likeness (QED) is 0.702. The van der Waals surface area contributed by atoms with E-state index in [9.17, 15) is 9.90 Å². The van der Waals surface area contributed by atoms with Crippen LogP contribution in [0, 0.1) is 6.92 Å². The Morgan fingerprint density at radius 3 is 2.69 bits per heavy atom. The largest absolute Gasteiger partial charge is 0.481 e. The Kier molecular flexibility index (Phi) is 2.92. The van der Waals surface area contributed by atoms with Crippen molar-refractivity contribution < 1.29 is 15.0 Å². The van der Waals surface area contributed by atoms with Crippen molar-refractivity contribution in [2.24, 2.45) is 0 Å². The van der Waals surface area contributed by atoms with E-state index in [4.69, 9.17) is 5.11 Å². The molecule has 0 unspecified atom stereocenters. The van der Waals surface area contributed by atoms with Crippen LogP contribution < -0.4 is 0 Å². The SMILES string of the molecule is Cc1nccnc1[C@@H](O)CC(=O)O. The van der Waals surface area contributed by atoms with Gasteiger partial charge < -0.3 is 10.2 Å². The molecule has 0 saturated heterocycles. The standard InChI is InChI=1S/C8H10N2O3/c1-5-8(10-3-2-9-5)6(11)4-7(12)13/h2-3,6,11H,4H2,1H3,(H,12,13)/t6-/m0/s1. The lowest BCUT2D eigenvalue weighted by Crippen LogP contribution is -2.09. The molecule has 5 nitrogen and oxygen atoms in total. The van der Waals surface area contributed by atoms with E-state index in [0.717, 1.165) is 0 Å². The first-order valence-corrected chi connectivity index (χ1v) is 3.78. The molecule has 1 atom stereocenters. The van der Waals surface area contributed by atoms with Gasteiger partial charge in [0.1, 0.15) is 6.10 Å². The van der Waals surface area contributed by atoms with E-state index in [1.165, 1.54) is 12.4 Å². The molecule has 1 heterocycles. The molecule has 0 amide bonds. The number of hydrogen-bond donors (Lipinski definition) is 2. The van der Waals surface area contributed by atoms with E-state index < -0.39 is 12.1 Å². The topological polar surface area (TPSA) is 83.3 Å². The number of carboxylic acid groups (broad SMARTS) is 1. The maximum atomic E-state index is 10.3. The van der Waals surface area contributed by atoms with E-state index in [1.807, 2.05) is 0 Å². The summed E-state index contributed by atoms with van der Waals surface area (Å²) in [5, 5.41) is 17.8. The van der Waals surface area contributed by atoms with E-state index in [1.54, 1.807) is 6.92 Å². The van der Waals surface area contributed by atoms with Crippen LogP contribution in [0.5, 0.6) is 0 Å². The Bertz CT molecular complexity index is 314. The minimum atomic E-state index is -1.08. The van der Waals surface area contributed by atoms with E-state index in [0.29, 0.717) is 11.4 Å². The summed E-state index contributed by atoms with van der Waals surface area (Å²) < 4.78 is 0. The Labute approximate surface area is 75.1 Å². The molecule has 0 aliphatic heterocycles. The molecular formula is C8H10N2O3. The minimum Gasteiger partial charge on any atom is -0.481 e. The molecule has 2 N–H and O–H groups in total. The molecule has 0 radical (unpaired) electrons. The normalized spacial score (nSPS) is 12.5. The van der Waals surface area contributed by atoms with Gasteiger partial charge in [0.25, 0.3) is 0 Å². The fraction of sp³-hybridized carbons (Fsp3) is 0.375. The van der Waals surface area contributed by atoms with E-state index in [2.05, 4.69) is 9.97 Å². The predicted molar refractivity (Wildman–Crippen MR) is 44.0 cm³/mol. The second-order valence-electron chi connectivity index (χ2n) is 2.64. The van der Waals surface area contributed by atoms with Crippen molar-refractivity contribution in [3.8, 4) is 0 Å². The third-order valence-corrected chi connectivity index (χ3v) is 1.60.